The number of aryl methyl sites for hydroxylation is 1. The summed E-state index contributed by atoms with van der Waals surface area (Å²) in [4.78, 5) is 23.9. The molecule has 0 saturated heterocycles. The van der Waals surface area contributed by atoms with Gasteiger partial charge in [-0.1, -0.05) is 29.8 Å². The van der Waals surface area contributed by atoms with Crippen LogP contribution in [0.2, 0.25) is 0 Å². The lowest BCUT2D eigenvalue weighted by Crippen LogP contribution is -2.36. The SMILES string of the molecule is Cc1cccc(CC(CO)CNC(=O)C(=O)c2ccc(F)cc2)c1. The molecule has 0 aliphatic heterocycles. The Morgan fingerprint density at radius 2 is 1.88 bits per heavy atom. The Bertz CT molecular complexity index is 713. The molecule has 0 aromatic heterocycles. The minimum atomic E-state index is -0.760. The molecule has 1 atom stereocenters. The van der Waals surface area contributed by atoms with Gasteiger partial charge in [-0.3, -0.25) is 9.59 Å². The molecule has 0 radical (unpaired) electrons. The molecule has 0 heterocycles. The maximum Gasteiger partial charge on any atom is 0.292 e. The van der Waals surface area contributed by atoms with Crippen LogP contribution in [0.25, 0.3) is 0 Å². The van der Waals surface area contributed by atoms with Crippen LogP contribution in [0.1, 0.15) is 21.5 Å². The Balaban J connectivity index is 1.91. The van der Waals surface area contributed by atoms with Gasteiger partial charge in [0.15, 0.2) is 0 Å². The van der Waals surface area contributed by atoms with Crippen LogP contribution in [0.5, 0.6) is 0 Å². The van der Waals surface area contributed by atoms with Gasteiger partial charge in [0, 0.05) is 24.6 Å². The third-order valence-corrected chi connectivity index (χ3v) is 3.73. The monoisotopic (exact) mass is 329 g/mol. The fourth-order valence-electron chi connectivity index (χ4n) is 2.42. The van der Waals surface area contributed by atoms with Crippen LogP contribution < -0.4 is 5.32 Å². The summed E-state index contributed by atoms with van der Waals surface area (Å²) < 4.78 is 12.8. The Morgan fingerprint density at radius 3 is 2.50 bits per heavy atom. The van der Waals surface area contributed by atoms with E-state index < -0.39 is 17.5 Å². The largest absolute Gasteiger partial charge is 0.396 e. The average Bonchev–Trinajstić information content (AvgIpc) is 2.58. The van der Waals surface area contributed by atoms with Crippen LogP contribution in [0, 0.1) is 18.7 Å². The van der Waals surface area contributed by atoms with Gasteiger partial charge in [-0.05, 0) is 43.2 Å². The van der Waals surface area contributed by atoms with Crippen molar-refractivity contribution in [3.63, 3.8) is 0 Å². The first kappa shape index (κ1) is 17.8. The van der Waals surface area contributed by atoms with Crippen LogP contribution >= 0.6 is 0 Å². The van der Waals surface area contributed by atoms with Crippen LogP contribution in [-0.2, 0) is 11.2 Å². The van der Waals surface area contributed by atoms with Gasteiger partial charge in [-0.2, -0.15) is 0 Å². The molecule has 0 aliphatic rings. The number of halogens is 1. The van der Waals surface area contributed by atoms with Gasteiger partial charge in [-0.25, -0.2) is 4.39 Å². The predicted molar refractivity (Wildman–Crippen MR) is 89.2 cm³/mol. The third-order valence-electron chi connectivity index (χ3n) is 3.73. The highest BCUT2D eigenvalue weighted by atomic mass is 19.1. The van der Waals surface area contributed by atoms with Gasteiger partial charge in [-0.15, -0.1) is 0 Å². The molecule has 2 aromatic carbocycles. The predicted octanol–water partition coefficient (Wildman–Crippen LogP) is 2.28. The number of aliphatic hydroxyl groups is 1. The van der Waals surface area contributed by atoms with Crippen molar-refractivity contribution in [2.45, 2.75) is 13.3 Å². The van der Waals surface area contributed by atoms with E-state index in [4.69, 9.17) is 0 Å². The van der Waals surface area contributed by atoms with Gasteiger partial charge in [0.05, 0.1) is 0 Å². The minimum absolute atomic E-state index is 0.0983. The number of ketones is 1. The van der Waals surface area contributed by atoms with Crippen LogP contribution in [-0.4, -0.2) is 29.9 Å². The van der Waals surface area contributed by atoms with Crippen molar-refractivity contribution in [1.82, 2.24) is 5.32 Å². The van der Waals surface area contributed by atoms with Gasteiger partial charge in [0.1, 0.15) is 5.82 Å². The zero-order chi connectivity index (χ0) is 17.5. The van der Waals surface area contributed by atoms with Crippen molar-refractivity contribution in [2.75, 3.05) is 13.2 Å². The van der Waals surface area contributed by atoms with E-state index in [1.165, 1.54) is 12.1 Å². The van der Waals surface area contributed by atoms with E-state index in [1.807, 2.05) is 31.2 Å². The van der Waals surface area contributed by atoms with Gasteiger partial charge in [0.25, 0.3) is 5.91 Å². The first-order valence-corrected chi connectivity index (χ1v) is 7.74. The molecule has 5 heteroatoms. The number of nitrogens with one attached hydrogen (secondary N) is 1. The molecule has 0 saturated carbocycles. The molecule has 2 N–H and O–H groups in total. The number of Topliss-reactive ketones (excluding diaryl/α,β-unsaturated/α-hetero) is 1. The number of hydrogen-bond donors (Lipinski definition) is 2. The van der Waals surface area contributed by atoms with Crippen molar-refractivity contribution >= 4 is 11.7 Å². The van der Waals surface area contributed by atoms with Crippen LogP contribution in [0.3, 0.4) is 0 Å². The number of aliphatic hydroxyl groups excluding tert-OH is 1. The summed E-state index contributed by atoms with van der Waals surface area (Å²) in [6, 6.07) is 12.7. The molecule has 2 aromatic rings. The molecule has 0 bridgehead atoms. The van der Waals surface area contributed by atoms with E-state index in [1.54, 1.807) is 0 Å². The first-order valence-electron chi connectivity index (χ1n) is 7.74. The van der Waals surface area contributed by atoms with Crippen LogP contribution in [0.4, 0.5) is 4.39 Å². The normalized spacial score (nSPS) is 11.8. The highest BCUT2D eigenvalue weighted by Crippen LogP contribution is 2.10. The topological polar surface area (TPSA) is 66.4 Å². The molecule has 0 fully saturated rings. The lowest BCUT2D eigenvalue weighted by atomic mass is 9.98. The second kappa shape index (κ2) is 8.36. The number of benzene rings is 2. The number of hydrogen-bond acceptors (Lipinski definition) is 3. The van der Waals surface area contributed by atoms with Crippen molar-refractivity contribution in [3.05, 3.63) is 71.0 Å². The van der Waals surface area contributed by atoms with Crippen LogP contribution in [0.15, 0.2) is 48.5 Å². The molecular formula is C19H20FNO3. The fourth-order valence-corrected chi connectivity index (χ4v) is 2.42. The van der Waals surface area contributed by atoms with E-state index >= 15 is 0 Å². The molecule has 1 amide bonds. The molecule has 0 spiro atoms. The molecule has 126 valence electrons. The maximum atomic E-state index is 12.8. The number of carbonyl (C=O) groups is 2. The summed E-state index contributed by atoms with van der Waals surface area (Å²) in [6.45, 7) is 2.08. The Hall–Kier alpha value is -2.53. The summed E-state index contributed by atoms with van der Waals surface area (Å²) >= 11 is 0. The third kappa shape index (κ3) is 4.99. The lowest BCUT2D eigenvalue weighted by molar-refractivity contribution is -0.117. The highest BCUT2D eigenvalue weighted by Gasteiger charge is 2.18. The van der Waals surface area contributed by atoms with Gasteiger partial charge in [0.2, 0.25) is 5.78 Å². The second-order valence-corrected chi connectivity index (χ2v) is 5.79. The second-order valence-electron chi connectivity index (χ2n) is 5.79. The molecule has 1 unspecified atom stereocenters. The molecule has 2 rings (SSSR count). The maximum absolute atomic E-state index is 12.8. The van der Waals surface area contributed by atoms with Gasteiger partial charge < -0.3 is 10.4 Å². The minimum Gasteiger partial charge on any atom is -0.396 e. The Labute approximate surface area is 140 Å². The number of amides is 1. The fraction of sp³-hybridized carbons (Fsp3) is 0.263. The van der Waals surface area contributed by atoms with Gasteiger partial charge >= 0.3 is 0 Å². The van der Waals surface area contributed by atoms with Crippen molar-refractivity contribution in [2.24, 2.45) is 5.92 Å². The van der Waals surface area contributed by atoms with E-state index in [0.717, 1.165) is 23.3 Å². The van der Waals surface area contributed by atoms with Crippen molar-refractivity contribution in [1.29, 1.82) is 0 Å². The highest BCUT2D eigenvalue weighted by molar-refractivity contribution is 6.42. The summed E-state index contributed by atoms with van der Waals surface area (Å²) in [6.07, 6.45) is 0.600. The number of rotatable bonds is 7. The summed E-state index contributed by atoms with van der Waals surface area (Å²) in [5, 5.41) is 12.0. The Morgan fingerprint density at radius 1 is 1.17 bits per heavy atom. The quantitative estimate of drug-likeness (QED) is 0.605. The van der Waals surface area contributed by atoms with E-state index in [0.29, 0.717) is 6.42 Å². The van der Waals surface area contributed by atoms with E-state index in [-0.39, 0.29) is 24.6 Å². The average molecular weight is 329 g/mol. The van der Waals surface area contributed by atoms with E-state index in [2.05, 4.69) is 5.32 Å². The van der Waals surface area contributed by atoms with E-state index in [9.17, 15) is 19.1 Å². The summed E-state index contributed by atoms with van der Waals surface area (Å²) in [7, 11) is 0. The standard InChI is InChI=1S/C19H20FNO3/c1-13-3-2-4-14(9-13)10-15(12-22)11-21-19(24)18(23)16-5-7-17(20)8-6-16/h2-9,15,22H,10-12H2,1H3,(H,21,24). The smallest absolute Gasteiger partial charge is 0.292 e. The molecular weight excluding hydrogens is 309 g/mol. The molecule has 4 nitrogen and oxygen atoms in total. The zero-order valence-electron chi connectivity index (χ0n) is 13.5. The molecule has 0 aliphatic carbocycles. The summed E-state index contributed by atoms with van der Waals surface area (Å²) in [5.41, 5.74) is 2.32. The lowest BCUT2D eigenvalue weighted by Gasteiger charge is -2.15. The zero-order valence-corrected chi connectivity index (χ0v) is 13.5. The molecule has 24 heavy (non-hydrogen) atoms. The Kier molecular flexibility index (Phi) is 6.21. The van der Waals surface area contributed by atoms with Crippen molar-refractivity contribution in [3.8, 4) is 0 Å². The summed E-state index contributed by atoms with van der Waals surface area (Å²) in [5.74, 6) is -2.13. The van der Waals surface area contributed by atoms with Crippen molar-refractivity contribution < 1.29 is 19.1 Å². The first-order chi connectivity index (χ1) is 11.5. The number of carbonyl (C=O) groups excluding carboxylic acids is 2.